The lowest BCUT2D eigenvalue weighted by Gasteiger charge is -1.99. The van der Waals surface area contributed by atoms with Gasteiger partial charge in [0.15, 0.2) is 0 Å². The predicted octanol–water partition coefficient (Wildman–Crippen LogP) is 6.48. The molecule has 100 valence electrons. The smallest absolute Gasteiger partial charge is 0.00706 e. The Kier molecular flexibility index (Phi) is 10.6. The summed E-state index contributed by atoms with van der Waals surface area (Å²) in [7, 11) is 0. The van der Waals surface area contributed by atoms with Crippen LogP contribution in [0.2, 0.25) is 0 Å². The SMILES string of the molecule is CC.CC(C)c1cccs1.CCC1CCCC1. The molecule has 0 radical (unpaired) electrons. The van der Waals surface area contributed by atoms with Crippen molar-refractivity contribution in [2.75, 3.05) is 0 Å². The molecule has 1 aliphatic carbocycles. The molecule has 1 aromatic heterocycles. The van der Waals surface area contributed by atoms with E-state index in [4.69, 9.17) is 0 Å². The third-order valence-corrected chi connectivity index (χ3v) is 4.34. The first-order valence-electron chi connectivity index (χ1n) is 7.27. The fraction of sp³-hybridized carbons (Fsp3) is 0.750. The van der Waals surface area contributed by atoms with Crippen LogP contribution in [0.1, 0.15) is 77.5 Å². The Labute approximate surface area is 112 Å². The fourth-order valence-electron chi connectivity index (χ4n) is 2.04. The van der Waals surface area contributed by atoms with Crippen molar-refractivity contribution in [2.45, 2.75) is 72.6 Å². The van der Waals surface area contributed by atoms with Crippen molar-refractivity contribution in [3.8, 4) is 0 Å². The highest BCUT2D eigenvalue weighted by Crippen LogP contribution is 2.26. The van der Waals surface area contributed by atoms with Crippen LogP contribution in [0, 0.1) is 5.92 Å². The van der Waals surface area contributed by atoms with E-state index < -0.39 is 0 Å². The molecule has 2 rings (SSSR count). The summed E-state index contributed by atoms with van der Waals surface area (Å²) in [6, 6.07) is 4.27. The van der Waals surface area contributed by atoms with Crippen molar-refractivity contribution < 1.29 is 0 Å². The number of hydrogen-bond acceptors (Lipinski definition) is 1. The van der Waals surface area contributed by atoms with Crippen molar-refractivity contribution in [3.63, 3.8) is 0 Å². The van der Waals surface area contributed by atoms with Gasteiger partial charge in [-0.1, -0.05) is 72.8 Å². The molecule has 0 atom stereocenters. The van der Waals surface area contributed by atoms with Crippen LogP contribution in [-0.2, 0) is 0 Å². The van der Waals surface area contributed by atoms with Crippen LogP contribution >= 0.6 is 11.3 Å². The molecule has 1 heteroatoms. The average molecular weight is 254 g/mol. The summed E-state index contributed by atoms with van der Waals surface area (Å²) in [4.78, 5) is 1.48. The number of hydrogen-bond donors (Lipinski definition) is 0. The molecule has 17 heavy (non-hydrogen) atoms. The molecule has 1 heterocycles. The van der Waals surface area contributed by atoms with Gasteiger partial charge in [-0.3, -0.25) is 0 Å². The van der Waals surface area contributed by atoms with E-state index in [0.717, 1.165) is 5.92 Å². The minimum absolute atomic E-state index is 0.704. The lowest BCUT2D eigenvalue weighted by atomic mass is 10.1. The Morgan fingerprint density at radius 1 is 1.24 bits per heavy atom. The summed E-state index contributed by atoms with van der Waals surface area (Å²) in [6.07, 6.45) is 7.43. The van der Waals surface area contributed by atoms with Crippen LogP contribution in [0.25, 0.3) is 0 Å². The van der Waals surface area contributed by atoms with Gasteiger partial charge >= 0.3 is 0 Å². The molecule has 0 unspecified atom stereocenters. The van der Waals surface area contributed by atoms with Crippen molar-refractivity contribution in [1.82, 2.24) is 0 Å². The van der Waals surface area contributed by atoms with Crippen molar-refractivity contribution in [3.05, 3.63) is 22.4 Å². The van der Waals surface area contributed by atoms with Gasteiger partial charge in [-0.05, 0) is 23.3 Å². The standard InChI is InChI=1S/C7H10S.C7H14.C2H6/c1-6(2)7-4-3-5-8-7;1-2-7-5-3-4-6-7;1-2/h3-6H,1-2H3;7H,2-6H2,1H3;1-2H3. The Morgan fingerprint density at radius 3 is 2.06 bits per heavy atom. The Hall–Kier alpha value is -0.300. The Morgan fingerprint density at radius 2 is 1.82 bits per heavy atom. The summed E-state index contributed by atoms with van der Waals surface area (Å²) in [5.74, 6) is 1.80. The third-order valence-electron chi connectivity index (χ3n) is 3.16. The molecular weight excluding hydrogens is 224 g/mol. The van der Waals surface area contributed by atoms with Crippen LogP contribution in [0.5, 0.6) is 0 Å². The zero-order valence-corrected chi connectivity index (χ0v) is 13.1. The van der Waals surface area contributed by atoms with Gasteiger partial charge < -0.3 is 0 Å². The average Bonchev–Trinajstić information content (AvgIpc) is 3.05. The maximum Gasteiger partial charge on any atom is 0.00706 e. The van der Waals surface area contributed by atoms with Crippen LogP contribution in [0.15, 0.2) is 17.5 Å². The monoisotopic (exact) mass is 254 g/mol. The summed E-state index contributed by atoms with van der Waals surface area (Å²) in [5, 5.41) is 2.12. The van der Waals surface area contributed by atoms with E-state index in [1.807, 2.05) is 25.2 Å². The molecular formula is C16H30S. The van der Waals surface area contributed by atoms with Gasteiger partial charge in [0, 0.05) is 4.88 Å². The molecule has 0 bridgehead atoms. The van der Waals surface area contributed by atoms with E-state index in [0.29, 0.717) is 5.92 Å². The summed E-state index contributed by atoms with van der Waals surface area (Å²) >= 11 is 1.83. The molecule has 0 nitrogen and oxygen atoms in total. The molecule has 1 saturated carbocycles. The summed E-state index contributed by atoms with van der Waals surface area (Å²) < 4.78 is 0. The molecule has 0 aromatic carbocycles. The van der Waals surface area contributed by atoms with E-state index in [9.17, 15) is 0 Å². The maximum absolute atomic E-state index is 2.30. The highest BCUT2D eigenvalue weighted by molar-refractivity contribution is 7.10. The molecule has 1 fully saturated rings. The number of rotatable bonds is 2. The second kappa shape index (κ2) is 10.8. The lowest BCUT2D eigenvalue weighted by molar-refractivity contribution is 0.531. The molecule has 0 saturated heterocycles. The first-order valence-corrected chi connectivity index (χ1v) is 8.15. The molecule has 0 amide bonds. The van der Waals surface area contributed by atoms with Gasteiger partial charge in [-0.2, -0.15) is 0 Å². The zero-order chi connectivity index (χ0) is 13.1. The minimum Gasteiger partial charge on any atom is -0.149 e. The van der Waals surface area contributed by atoms with Gasteiger partial charge in [0.05, 0.1) is 0 Å². The summed E-state index contributed by atoms with van der Waals surface area (Å²) in [5.41, 5.74) is 0. The Balaban J connectivity index is 0.000000265. The van der Waals surface area contributed by atoms with Crippen molar-refractivity contribution >= 4 is 11.3 Å². The highest BCUT2D eigenvalue weighted by Gasteiger charge is 2.11. The van der Waals surface area contributed by atoms with Crippen molar-refractivity contribution in [2.24, 2.45) is 5.92 Å². The molecule has 0 aliphatic heterocycles. The highest BCUT2D eigenvalue weighted by atomic mass is 32.1. The first kappa shape index (κ1) is 16.7. The second-order valence-corrected chi connectivity index (χ2v) is 5.71. The number of thiophene rings is 1. The fourth-order valence-corrected chi connectivity index (χ4v) is 2.78. The normalized spacial score (nSPS) is 14.9. The predicted molar refractivity (Wildman–Crippen MR) is 82.0 cm³/mol. The van der Waals surface area contributed by atoms with Gasteiger partial charge in [0.25, 0.3) is 0 Å². The second-order valence-electron chi connectivity index (χ2n) is 4.73. The molecule has 1 aromatic rings. The molecule has 0 spiro atoms. The maximum atomic E-state index is 2.30. The van der Waals surface area contributed by atoms with Gasteiger partial charge in [0.2, 0.25) is 0 Å². The van der Waals surface area contributed by atoms with E-state index in [2.05, 4.69) is 38.3 Å². The zero-order valence-electron chi connectivity index (χ0n) is 12.3. The van der Waals surface area contributed by atoms with E-state index in [1.54, 1.807) is 0 Å². The van der Waals surface area contributed by atoms with E-state index >= 15 is 0 Å². The van der Waals surface area contributed by atoms with Crippen molar-refractivity contribution in [1.29, 1.82) is 0 Å². The van der Waals surface area contributed by atoms with Crippen LogP contribution in [0.3, 0.4) is 0 Å². The largest absolute Gasteiger partial charge is 0.149 e. The van der Waals surface area contributed by atoms with Gasteiger partial charge in [-0.25, -0.2) is 0 Å². The van der Waals surface area contributed by atoms with Gasteiger partial charge in [-0.15, -0.1) is 11.3 Å². The van der Waals surface area contributed by atoms with E-state index in [-0.39, 0.29) is 0 Å². The van der Waals surface area contributed by atoms with Gasteiger partial charge in [0.1, 0.15) is 0 Å². The first-order chi connectivity index (χ1) is 8.24. The summed E-state index contributed by atoms with van der Waals surface area (Å²) in [6.45, 7) is 10.7. The van der Waals surface area contributed by atoms with Crippen LogP contribution in [0.4, 0.5) is 0 Å². The van der Waals surface area contributed by atoms with Crippen LogP contribution in [-0.4, -0.2) is 0 Å². The topological polar surface area (TPSA) is 0 Å². The molecule has 1 aliphatic rings. The van der Waals surface area contributed by atoms with E-state index in [1.165, 1.54) is 37.0 Å². The third kappa shape index (κ3) is 7.59. The minimum atomic E-state index is 0.704. The Bertz CT molecular complexity index is 230. The molecule has 0 N–H and O–H groups in total. The quantitative estimate of drug-likeness (QED) is 0.566. The van der Waals surface area contributed by atoms with Crippen LogP contribution < -0.4 is 0 Å². The lowest BCUT2D eigenvalue weighted by Crippen LogP contribution is -1.86.